The van der Waals surface area contributed by atoms with Gasteiger partial charge in [0.15, 0.2) is 0 Å². The van der Waals surface area contributed by atoms with E-state index < -0.39 is 26.4 Å². The highest BCUT2D eigenvalue weighted by Gasteiger charge is 2.54. The fourth-order valence-corrected chi connectivity index (χ4v) is 3.47. The second kappa shape index (κ2) is 4.41. The zero-order valence-electron chi connectivity index (χ0n) is 9.40. The molecule has 1 aromatic heterocycles. The first-order valence-corrected chi connectivity index (χ1v) is 7.24. The smallest absolute Gasteiger partial charge is 0.242 e. The van der Waals surface area contributed by atoms with E-state index in [4.69, 9.17) is 0 Å². The molecule has 0 aliphatic rings. The van der Waals surface area contributed by atoms with E-state index in [1.54, 1.807) is 6.92 Å². The number of nitrogens with zero attached hydrogens (tertiary/aromatic N) is 1. The Bertz CT molecular complexity index is 724. The van der Waals surface area contributed by atoms with Crippen molar-refractivity contribution < 1.29 is 26.0 Å². The van der Waals surface area contributed by atoms with Gasteiger partial charge in [-0.15, -0.1) is 11.3 Å². The van der Waals surface area contributed by atoms with Gasteiger partial charge in [-0.3, -0.25) is 0 Å². The fourth-order valence-electron chi connectivity index (χ4n) is 1.46. The molecule has 0 saturated carbocycles. The molecule has 0 unspecified atom stereocenters. The molecule has 104 valence electrons. The molecular formula is C10H7F4NO2S2. The third-order valence-electron chi connectivity index (χ3n) is 2.39. The lowest BCUT2D eigenvalue weighted by Crippen LogP contribution is -2.36. The van der Waals surface area contributed by atoms with Gasteiger partial charge in [0.1, 0.15) is 0 Å². The van der Waals surface area contributed by atoms with Crippen LogP contribution in [0.5, 0.6) is 0 Å². The summed E-state index contributed by atoms with van der Waals surface area (Å²) in [6, 6.07) is 3.01. The van der Waals surface area contributed by atoms with Gasteiger partial charge in [-0.05, 0) is 25.1 Å². The van der Waals surface area contributed by atoms with Crippen molar-refractivity contribution in [2.75, 3.05) is 0 Å². The third kappa shape index (κ3) is 2.20. The molecule has 9 heteroatoms. The lowest BCUT2D eigenvalue weighted by atomic mass is 10.3. The Morgan fingerprint density at radius 2 is 1.95 bits per heavy atom. The number of hydrogen-bond donors (Lipinski definition) is 0. The summed E-state index contributed by atoms with van der Waals surface area (Å²) >= 11 is 1.09. The lowest BCUT2D eigenvalue weighted by Gasteiger charge is -2.15. The first kappa shape index (κ1) is 14.2. The molecule has 0 aliphatic heterocycles. The van der Waals surface area contributed by atoms with E-state index in [2.05, 4.69) is 4.98 Å². The minimum absolute atomic E-state index is 0.351. The maximum absolute atomic E-state index is 13.1. The van der Waals surface area contributed by atoms with Gasteiger partial charge in [-0.25, -0.2) is 22.2 Å². The maximum Gasteiger partial charge on any atom is 0.408 e. The molecule has 0 saturated heterocycles. The Morgan fingerprint density at radius 1 is 1.32 bits per heavy atom. The van der Waals surface area contributed by atoms with Gasteiger partial charge in [-0.1, -0.05) is 0 Å². The summed E-state index contributed by atoms with van der Waals surface area (Å²) in [5, 5.41) is -4.49. The highest BCUT2D eigenvalue weighted by atomic mass is 32.2. The minimum atomic E-state index is -5.42. The van der Waals surface area contributed by atoms with Crippen LogP contribution in [0.2, 0.25) is 0 Å². The number of hydrogen-bond acceptors (Lipinski definition) is 4. The minimum Gasteiger partial charge on any atom is -0.242 e. The van der Waals surface area contributed by atoms with Crippen molar-refractivity contribution in [2.45, 2.75) is 23.5 Å². The summed E-state index contributed by atoms with van der Waals surface area (Å²) in [6.45, 7) is 1.66. The number of aromatic nitrogens is 1. The zero-order chi connectivity index (χ0) is 14.4. The molecule has 0 amide bonds. The molecule has 0 spiro atoms. The molecule has 0 radical (unpaired) electrons. The SMILES string of the molecule is Cc1nc2ccc(S(=O)(=O)C(F)(F)C(F)F)cc2s1. The molecule has 0 atom stereocenters. The van der Waals surface area contributed by atoms with Gasteiger partial charge in [0.05, 0.1) is 20.1 Å². The number of alkyl halides is 4. The summed E-state index contributed by atoms with van der Waals surface area (Å²) in [6.07, 6.45) is -4.28. The number of benzene rings is 1. The largest absolute Gasteiger partial charge is 0.408 e. The molecule has 0 aliphatic carbocycles. The van der Waals surface area contributed by atoms with E-state index in [0.717, 1.165) is 23.5 Å². The Kier molecular flexibility index (Phi) is 3.29. The molecule has 3 nitrogen and oxygen atoms in total. The Hall–Kier alpha value is -1.22. The average molecular weight is 313 g/mol. The van der Waals surface area contributed by atoms with Crippen LogP contribution in [0.25, 0.3) is 10.2 Å². The van der Waals surface area contributed by atoms with Crippen LogP contribution in [0.4, 0.5) is 17.6 Å². The van der Waals surface area contributed by atoms with Crippen LogP contribution in [0, 0.1) is 6.92 Å². The highest BCUT2D eigenvalue weighted by molar-refractivity contribution is 7.92. The van der Waals surface area contributed by atoms with Crippen molar-refractivity contribution in [3.8, 4) is 0 Å². The number of aryl methyl sites for hydroxylation is 1. The summed E-state index contributed by atoms with van der Waals surface area (Å²) < 4.78 is 73.8. The Balaban J connectivity index is 2.61. The van der Waals surface area contributed by atoms with Crippen molar-refractivity contribution in [3.63, 3.8) is 0 Å². The molecule has 1 heterocycles. The van der Waals surface area contributed by atoms with Gasteiger partial charge in [0, 0.05) is 0 Å². The quantitative estimate of drug-likeness (QED) is 0.817. The Labute approximate surface area is 109 Å². The van der Waals surface area contributed by atoms with Gasteiger partial charge in [-0.2, -0.15) is 8.78 Å². The van der Waals surface area contributed by atoms with Crippen molar-refractivity contribution in [2.24, 2.45) is 0 Å². The highest BCUT2D eigenvalue weighted by Crippen LogP contribution is 2.36. The van der Waals surface area contributed by atoms with Crippen molar-refractivity contribution in [1.29, 1.82) is 0 Å². The van der Waals surface area contributed by atoms with Gasteiger partial charge >= 0.3 is 11.7 Å². The van der Waals surface area contributed by atoms with Gasteiger partial charge < -0.3 is 0 Å². The van der Waals surface area contributed by atoms with Crippen LogP contribution in [0.3, 0.4) is 0 Å². The van der Waals surface area contributed by atoms with E-state index in [1.165, 1.54) is 6.07 Å². The number of sulfone groups is 1. The first-order chi connectivity index (χ1) is 8.66. The molecular weight excluding hydrogens is 306 g/mol. The summed E-state index contributed by atoms with van der Waals surface area (Å²) in [5.74, 6) is 0. The van der Waals surface area contributed by atoms with E-state index in [-0.39, 0.29) is 0 Å². The first-order valence-electron chi connectivity index (χ1n) is 4.94. The Morgan fingerprint density at radius 3 is 2.53 bits per heavy atom. The number of halogens is 4. The maximum atomic E-state index is 13.1. The van der Waals surface area contributed by atoms with Crippen LogP contribution < -0.4 is 0 Å². The standard InChI is InChI=1S/C10H7F4NO2S2/c1-5-15-7-3-2-6(4-8(7)18-5)19(16,17)10(13,14)9(11)12/h2-4,9H,1H3. The summed E-state index contributed by atoms with van der Waals surface area (Å²) in [5.41, 5.74) is 0.432. The predicted octanol–water partition coefficient (Wildman–Crippen LogP) is 3.24. The molecule has 0 fully saturated rings. The second-order valence-electron chi connectivity index (χ2n) is 3.73. The van der Waals surface area contributed by atoms with E-state index >= 15 is 0 Å². The summed E-state index contributed by atoms with van der Waals surface area (Å²) in [7, 11) is -5.42. The van der Waals surface area contributed by atoms with Crippen LogP contribution in [-0.4, -0.2) is 25.1 Å². The zero-order valence-corrected chi connectivity index (χ0v) is 11.0. The topological polar surface area (TPSA) is 47.0 Å². The molecule has 0 bridgehead atoms. The number of fused-ring (bicyclic) bond motifs is 1. The van der Waals surface area contributed by atoms with E-state index in [1.807, 2.05) is 0 Å². The van der Waals surface area contributed by atoms with Crippen LogP contribution in [-0.2, 0) is 9.84 Å². The van der Waals surface area contributed by atoms with Crippen molar-refractivity contribution >= 4 is 31.4 Å². The monoisotopic (exact) mass is 313 g/mol. The van der Waals surface area contributed by atoms with Crippen molar-refractivity contribution in [3.05, 3.63) is 23.2 Å². The molecule has 0 N–H and O–H groups in total. The van der Waals surface area contributed by atoms with Gasteiger partial charge in [0.25, 0.3) is 0 Å². The summed E-state index contributed by atoms with van der Waals surface area (Å²) in [4.78, 5) is 3.18. The number of rotatable bonds is 3. The number of thiazole rings is 1. The fraction of sp³-hybridized carbons (Fsp3) is 0.300. The van der Waals surface area contributed by atoms with Crippen LogP contribution >= 0.6 is 11.3 Å². The lowest BCUT2D eigenvalue weighted by molar-refractivity contribution is -0.0636. The van der Waals surface area contributed by atoms with Gasteiger partial charge in [0.2, 0.25) is 9.84 Å². The molecule has 1 aromatic carbocycles. The predicted molar refractivity (Wildman–Crippen MR) is 62.5 cm³/mol. The van der Waals surface area contributed by atoms with E-state index in [0.29, 0.717) is 15.2 Å². The van der Waals surface area contributed by atoms with Crippen molar-refractivity contribution in [1.82, 2.24) is 4.98 Å². The average Bonchev–Trinajstić information content (AvgIpc) is 2.67. The molecule has 2 aromatic rings. The van der Waals surface area contributed by atoms with Crippen LogP contribution in [0.1, 0.15) is 5.01 Å². The molecule has 2 rings (SSSR count). The second-order valence-corrected chi connectivity index (χ2v) is 6.99. The van der Waals surface area contributed by atoms with Crippen LogP contribution in [0.15, 0.2) is 23.1 Å². The van der Waals surface area contributed by atoms with E-state index in [9.17, 15) is 26.0 Å². The molecule has 19 heavy (non-hydrogen) atoms. The third-order valence-corrected chi connectivity index (χ3v) is 5.09. The normalized spacial score (nSPS) is 13.4.